The van der Waals surface area contributed by atoms with Crippen LogP contribution in [-0.2, 0) is 13.0 Å². The molecule has 1 aromatic rings. The summed E-state index contributed by atoms with van der Waals surface area (Å²) < 4.78 is 5.83. The van der Waals surface area contributed by atoms with E-state index in [-0.39, 0.29) is 0 Å². The van der Waals surface area contributed by atoms with E-state index in [0.717, 1.165) is 48.3 Å². The van der Waals surface area contributed by atoms with Crippen LogP contribution in [0.3, 0.4) is 0 Å². The molecular formula is C16H21BrClNO. The molecule has 4 heteroatoms. The van der Waals surface area contributed by atoms with Crippen LogP contribution < -0.4 is 4.74 Å². The highest BCUT2D eigenvalue weighted by Gasteiger charge is 2.25. The number of benzene rings is 1. The van der Waals surface area contributed by atoms with Crippen LogP contribution in [0.15, 0.2) is 12.1 Å². The number of rotatable bonds is 5. The van der Waals surface area contributed by atoms with Gasteiger partial charge in [-0.25, -0.2) is 0 Å². The van der Waals surface area contributed by atoms with Gasteiger partial charge in [0.2, 0.25) is 0 Å². The molecule has 3 rings (SSSR count). The largest absolute Gasteiger partial charge is 0.493 e. The van der Waals surface area contributed by atoms with E-state index in [1.807, 2.05) is 0 Å². The molecule has 1 aliphatic carbocycles. The van der Waals surface area contributed by atoms with Gasteiger partial charge >= 0.3 is 0 Å². The fourth-order valence-corrected chi connectivity index (χ4v) is 4.17. The Labute approximate surface area is 134 Å². The highest BCUT2D eigenvalue weighted by atomic mass is 79.9. The molecule has 0 amide bonds. The van der Waals surface area contributed by atoms with E-state index < -0.39 is 0 Å². The molecule has 1 saturated carbocycles. The van der Waals surface area contributed by atoms with E-state index in [1.54, 1.807) is 0 Å². The Bertz CT molecular complexity index is 474. The Morgan fingerprint density at radius 2 is 2.10 bits per heavy atom. The molecule has 0 bridgehead atoms. The highest BCUT2D eigenvalue weighted by Crippen LogP contribution is 2.35. The van der Waals surface area contributed by atoms with Gasteiger partial charge in [-0.15, -0.1) is 0 Å². The van der Waals surface area contributed by atoms with Gasteiger partial charge in [0.05, 0.1) is 6.61 Å². The number of ether oxygens (including phenoxy) is 1. The first-order valence-electron chi connectivity index (χ1n) is 7.52. The van der Waals surface area contributed by atoms with Crippen LogP contribution in [0.4, 0.5) is 0 Å². The number of halogens is 2. The van der Waals surface area contributed by atoms with Crippen LogP contribution in [0, 0.1) is 0 Å². The van der Waals surface area contributed by atoms with Crippen molar-refractivity contribution in [3.63, 3.8) is 0 Å². The van der Waals surface area contributed by atoms with Crippen LogP contribution in [-0.4, -0.2) is 29.4 Å². The van der Waals surface area contributed by atoms with Gasteiger partial charge in [-0.1, -0.05) is 40.4 Å². The molecule has 1 heterocycles. The van der Waals surface area contributed by atoms with Crippen molar-refractivity contribution in [3.05, 3.63) is 28.3 Å². The van der Waals surface area contributed by atoms with E-state index in [4.69, 9.17) is 16.3 Å². The molecular weight excluding hydrogens is 338 g/mol. The van der Waals surface area contributed by atoms with E-state index >= 15 is 0 Å². The summed E-state index contributed by atoms with van der Waals surface area (Å²) in [6, 6.07) is 4.86. The number of hydrogen-bond acceptors (Lipinski definition) is 2. The summed E-state index contributed by atoms with van der Waals surface area (Å²) >= 11 is 9.85. The van der Waals surface area contributed by atoms with Crippen molar-refractivity contribution in [2.45, 2.75) is 44.7 Å². The third-order valence-corrected chi connectivity index (χ3v) is 4.98. The van der Waals surface area contributed by atoms with Crippen molar-refractivity contribution in [1.29, 1.82) is 0 Å². The Kier molecular flexibility index (Phi) is 4.90. The monoisotopic (exact) mass is 357 g/mol. The van der Waals surface area contributed by atoms with Crippen LogP contribution in [0.25, 0.3) is 0 Å². The smallest absolute Gasteiger partial charge is 0.127 e. The topological polar surface area (TPSA) is 12.5 Å². The maximum absolute atomic E-state index is 6.27. The second kappa shape index (κ2) is 6.67. The summed E-state index contributed by atoms with van der Waals surface area (Å²) in [4.78, 5) is 2.59. The van der Waals surface area contributed by atoms with E-state index in [1.165, 1.54) is 36.8 Å². The molecule has 20 heavy (non-hydrogen) atoms. The lowest BCUT2D eigenvalue weighted by Gasteiger charge is -2.28. The summed E-state index contributed by atoms with van der Waals surface area (Å²) in [5, 5.41) is 1.86. The molecule has 0 saturated heterocycles. The minimum Gasteiger partial charge on any atom is -0.493 e. The first kappa shape index (κ1) is 14.7. The second-order valence-corrected chi connectivity index (χ2v) is 6.98. The van der Waals surface area contributed by atoms with Crippen molar-refractivity contribution in [2.75, 3.05) is 18.5 Å². The van der Waals surface area contributed by atoms with Crippen molar-refractivity contribution in [1.82, 2.24) is 4.90 Å². The SMILES string of the molecule is Clc1cc2c(c(CN(CCBr)C3CCCC3)c1)OCC2. The molecule has 0 unspecified atom stereocenters. The molecule has 1 fully saturated rings. The zero-order valence-corrected chi connectivity index (χ0v) is 14.0. The van der Waals surface area contributed by atoms with Crippen LogP contribution >= 0.6 is 27.5 Å². The standard InChI is InChI=1S/C16H21BrClNO/c17-6-7-19(15-3-1-2-4-15)11-13-10-14(18)9-12-5-8-20-16(12)13/h9-10,15H,1-8,11H2. The number of nitrogens with zero attached hydrogens (tertiary/aromatic N) is 1. The zero-order chi connectivity index (χ0) is 13.9. The second-order valence-electron chi connectivity index (χ2n) is 5.75. The lowest BCUT2D eigenvalue weighted by Crippen LogP contribution is -2.34. The van der Waals surface area contributed by atoms with Crippen molar-refractivity contribution in [2.24, 2.45) is 0 Å². The normalized spacial score (nSPS) is 18.6. The molecule has 2 aliphatic rings. The lowest BCUT2D eigenvalue weighted by atomic mass is 10.1. The van der Waals surface area contributed by atoms with Crippen molar-refractivity contribution in [3.8, 4) is 5.75 Å². The van der Waals surface area contributed by atoms with Gasteiger partial charge in [0.25, 0.3) is 0 Å². The van der Waals surface area contributed by atoms with Gasteiger partial charge in [-0.3, -0.25) is 4.90 Å². The first-order valence-corrected chi connectivity index (χ1v) is 9.02. The van der Waals surface area contributed by atoms with Gasteiger partial charge < -0.3 is 4.74 Å². The fraction of sp³-hybridized carbons (Fsp3) is 0.625. The average molecular weight is 359 g/mol. The van der Waals surface area contributed by atoms with E-state index in [0.29, 0.717) is 0 Å². The van der Waals surface area contributed by atoms with Gasteiger partial charge in [-0.05, 0) is 30.5 Å². The Hall–Kier alpha value is -0.250. The molecule has 2 nitrogen and oxygen atoms in total. The zero-order valence-electron chi connectivity index (χ0n) is 11.7. The maximum atomic E-state index is 6.27. The molecule has 0 atom stereocenters. The van der Waals surface area contributed by atoms with Crippen LogP contribution in [0.2, 0.25) is 5.02 Å². The van der Waals surface area contributed by atoms with E-state index in [2.05, 4.69) is 33.0 Å². The van der Waals surface area contributed by atoms with Gasteiger partial charge in [0.1, 0.15) is 5.75 Å². The fourth-order valence-electron chi connectivity index (χ4n) is 3.45. The van der Waals surface area contributed by atoms with Crippen LogP contribution in [0.1, 0.15) is 36.8 Å². The van der Waals surface area contributed by atoms with Crippen LogP contribution in [0.5, 0.6) is 5.75 Å². The van der Waals surface area contributed by atoms with Gasteiger partial charge in [0.15, 0.2) is 0 Å². The molecule has 1 aromatic carbocycles. The molecule has 1 aliphatic heterocycles. The van der Waals surface area contributed by atoms with Gasteiger partial charge in [-0.2, -0.15) is 0 Å². The Morgan fingerprint density at radius 3 is 2.85 bits per heavy atom. The molecule has 0 radical (unpaired) electrons. The molecule has 0 N–H and O–H groups in total. The predicted molar refractivity (Wildman–Crippen MR) is 87.1 cm³/mol. The Morgan fingerprint density at radius 1 is 1.30 bits per heavy atom. The maximum Gasteiger partial charge on any atom is 0.127 e. The summed E-state index contributed by atoms with van der Waals surface area (Å²) in [5.74, 6) is 1.09. The minimum absolute atomic E-state index is 0.726. The molecule has 0 spiro atoms. The molecule has 110 valence electrons. The predicted octanol–water partition coefficient (Wildman–Crippen LogP) is 4.41. The summed E-state index contributed by atoms with van der Waals surface area (Å²) in [6.07, 6.45) is 6.39. The number of alkyl halides is 1. The number of fused-ring (bicyclic) bond motifs is 1. The average Bonchev–Trinajstić information content (AvgIpc) is 3.08. The summed E-state index contributed by atoms with van der Waals surface area (Å²) in [6.45, 7) is 2.84. The van der Waals surface area contributed by atoms with Gasteiger partial charge in [0, 0.05) is 41.5 Å². The molecule has 0 aromatic heterocycles. The van der Waals surface area contributed by atoms with Crippen molar-refractivity contribution < 1.29 is 4.74 Å². The van der Waals surface area contributed by atoms with E-state index in [9.17, 15) is 0 Å². The summed E-state index contributed by atoms with van der Waals surface area (Å²) in [7, 11) is 0. The Balaban J connectivity index is 1.81. The minimum atomic E-state index is 0.726. The third kappa shape index (κ3) is 3.15. The highest BCUT2D eigenvalue weighted by molar-refractivity contribution is 9.09. The lowest BCUT2D eigenvalue weighted by molar-refractivity contribution is 0.200. The quantitative estimate of drug-likeness (QED) is 0.723. The number of hydrogen-bond donors (Lipinski definition) is 0. The summed E-state index contributed by atoms with van der Waals surface area (Å²) in [5.41, 5.74) is 2.54. The van der Waals surface area contributed by atoms with Crippen molar-refractivity contribution >= 4 is 27.5 Å². The third-order valence-electron chi connectivity index (χ3n) is 4.41. The first-order chi connectivity index (χ1) is 9.78.